The highest BCUT2D eigenvalue weighted by Crippen LogP contribution is 1.78. The average Bonchev–Trinajstić information content (AvgIpc) is 1.69. The van der Waals surface area contributed by atoms with Crippen molar-refractivity contribution in [1.29, 1.82) is 0 Å². The number of hydrogen-bond donors (Lipinski definition) is 2. The normalized spacial score (nSPS) is 9.43. The summed E-state index contributed by atoms with van der Waals surface area (Å²) in [5, 5.41) is 0. The van der Waals surface area contributed by atoms with Gasteiger partial charge in [-0.1, -0.05) is 0 Å². The van der Waals surface area contributed by atoms with Gasteiger partial charge in [0.15, 0.2) is 0 Å². The molecular weight excluding hydrogens is 112 g/mol. The van der Waals surface area contributed by atoms with Crippen molar-refractivity contribution in [2.45, 2.75) is 6.42 Å². The number of halogens is 1. The Morgan fingerprint density at radius 3 is 2.71 bits per heavy atom. The van der Waals surface area contributed by atoms with Crippen LogP contribution >= 0.6 is 11.6 Å². The van der Waals surface area contributed by atoms with Crippen LogP contribution in [-0.4, -0.2) is 19.5 Å². The maximum absolute atomic E-state index is 5.37. The van der Waals surface area contributed by atoms with E-state index in [9.17, 15) is 0 Å². The van der Waals surface area contributed by atoms with Gasteiger partial charge in [0.25, 0.3) is 0 Å². The van der Waals surface area contributed by atoms with Gasteiger partial charge in [0, 0.05) is 12.4 Å². The maximum atomic E-state index is 5.37. The highest BCUT2D eigenvalue weighted by Gasteiger charge is 1.78. The van der Waals surface area contributed by atoms with Crippen molar-refractivity contribution in [3.05, 3.63) is 0 Å². The largest absolute Gasteiger partial charge is 0.261 e. The van der Waals surface area contributed by atoms with Crippen molar-refractivity contribution in [1.82, 2.24) is 10.9 Å². The summed E-state index contributed by atoms with van der Waals surface area (Å²) in [6, 6.07) is 0. The minimum Gasteiger partial charge on any atom is -0.261 e. The molecule has 0 aliphatic rings. The summed E-state index contributed by atoms with van der Waals surface area (Å²) >= 11 is 5.37. The lowest BCUT2D eigenvalue weighted by Gasteiger charge is -1.96. The Kier molecular flexibility index (Phi) is 6.40. The summed E-state index contributed by atoms with van der Waals surface area (Å²) in [6.07, 6.45) is 1.02. The quantitative estimate of drug-likeness (QED) is 0.319. The van der Waals surface area contributed by atoms with Crippen LogP contribution in [0.15, 0.2) is 0 Å². The highest BCUT2D eigenvalue weighted by atomic mass is 35.5. The van der Waals surface area contributed by atoms with Crippen LogP contribution in [0.4, 0.5) is 0 Å². The van der Waals surface area contributed by atoms with E-state index in [2.05, 4.69) is 10.9 Å². The Morgan fingerprint density at radius 2 is 2.29 bits per heavy atom. The van der Waals surface area contributed by atoms with E-state index in [-0.39, 0.29) is 0 Å². The highest BCUT2D eigenvalue weighted by molar-refractivity contribution is 6.17. The van der Waals surface area contributed by atoms with Crippen molar-refractivity contribution >= 4 is 11.6 Å². The summed E-state index contributed by atoms with van der Waals surface area (Å²) in [7, 11) is 1.84. The molecule has 0 aromatic carbocycles. The van der Waals surface area contributed by atoms with Crippen molar-refractivity contribution < 1.29 is 0 Å². The summed E-state index contributed by atoms with van der Waals surface area (Å²) in [6.45, 7) is 0.944. The molecule has 0 amide bonds. The molecule has 0 aliphatic carbocycles. The first kappa shape index (κ1) is 7.21. The minimum absolute atomic E-state index is 0.731. The predicted octanol–water partition coefficient (Wildman–Crippen LogP) is 0.339. The van der Waals surface area contributed by atoms with Gasteiger partial charge in [-0.15, -0.1) is 11.6 Å². The summed E-state index contributed by atoms with van der Waals surface area (Å²) in [5.74, 6) is 0.731. The molecule has 0 aromatic heterocycles. The van der Waals surface area contributed by atoms with Crippen LogP contribution < -0.4 is 10.9 Å². The van der Waals surface area contributed by atoms with Gasteiger partial charge in [0.05, 0.1) is 0 Å². The molecular formula is C4H11ClN2. The standard InChI is InChI=1S/C4H11ClN2/c1-6-7-4-2-3-5/h6-7H,2-4H2,1H3. The third-order valence-corrected chi connectivity index (χ3v) is 0.879. The van der Waals surface area contributed by atoms with Gasteiger partial charge >= 0.3 is 0 Å². The van der Waals surface area contributed by atoms with Crippen LogP contribution in [-0.2, 0) is 0 Å². The molecule has 0 atom stereocenters. The number of rotatable bonds is 4. The molecule has 0 radical (unpaired) electrons. The first-order chi connectivity index (χ1) is 3.41. The van der Waals surface area contributed by atoms with E-state index in [1.807, 2.05) is 7.05 Å². The molecule has 3 heteroatoms. The van der Waals surface area contributed by atoms with E-state index in [4.69, 9.17) is 11.6 Å². The van der Waals surface area contributed by atoms with Crippen LogP contribution in [0.5, 0.6) is 0 Å². The lowest BCUT2D eigenvalue weighted by atomic mass is 10.5. The lowest BCUT2D eigenvalue weighted by Crippen LogP contribution is -2.28. The van der Waals surface area contributed by atoms with Crippen molar-refractivity contribution in [3.63, 3.8) is 0 Å². The van der Waals surface area contributed by atoms with Crippen LogP contribution in [0.25, 0.3) is 0 Å². The zero-order valence-corrected chi connectivity index (χ0v) is 5.26. The van der Waals surface area contributed by atoms with Gasteiger partial charge in [-0.25, -0.2) is 0 Å². The van der Waals surface area contributed by atoms with Gasteiger partial charge in [0.2, 0.25) is 0 Å². The third-order valence-electron chi connectivity index (χ3n) is 0.612. The van der Waals surface area contributed by atoms with Gasteiger partial charge in [-0.3, -0.25) is 10.9 Å². The molecule has 7 heavy (non-hydrogen) atoms. The molecule has 2 nitrogen and oxygen atoms in total. The van der Waals surface area contributed by atoms with Gasteiger partial charge in [0.1, 0.15) is 0 Å². The van der Waals surface area contributed by atoms with Crippen molar-refractivity contribution in [2.24, 2.45) is 0 Å². The SMILES string of the molecule is CNNCCCCl. The minimum atomic E-state index is 0.731. The van der Waals surface area contributed by atoms with Crippen LogP contribution in [0.2, 0.25) is 0 Å². The number of hydrogen-bond acceptors (Lipinski definition) is 2. The molecule has 0 saturated heterocycles. The second-order valence-corrected chi connectivity index (χ2v) is 1.60. The van der Waals surface area contributed by atoms with Gasteiger partial charge in [-0.2, -0.15) is 0 Å². The topological polar surface area (TPSA) is 24.1 Å². The predicted molar refractivity (Wildman–Crippen MR) is 32.4 cm³/mol. The van der Waals surface area contributed by atoms with E-state index < -0.39 is 0 Å². The maximum Gasteiger partial charge on any atom is 0.0236 e. The Hall–Kier alpha value is 0.210. The number of alkyl halides is 1. The Balaban J connectivity index is 2.45. The number of hydrazine groups is 1. The van der Waals surface area contributed by atoms with Gasteiger partial charge < -0.3 is 0 Å². The van der Waals surface area contributed by atoms with E-state index in [1.165, 1.54) is 0 Å². The Bertz CT molecular complexity index is 28.9. The Morgan fingerprint density at radius 1 is 1.57 bits per heavy atom. The second kappa shape index (κ2) is 6.21. The average molecular weight is 123 g/mol. The molecule has 0 heterocycles. The molecule has 0 aromatic rings. The molecule has 0 unspecified atom stereocenters. The smallest absolute Gasteiger partial charge is 0.0236 e. The molecule has 0 fully saturated rings. The Labute approximate surface area is 49.2 Å². The molecule has 0 saturated carbocycles. The molecule has 2 N–H and O–H groups in total. The summed E-state index contributed by atoms with van der Waals surface area (Å²) < 4.78 is 0. The molecule has 44 valence electrons. The second-order valence-electron chi connectivity index (χ2n) is 1.22. The van der Waals surface area contributed by atoms with Crippen LogP contribution in [0, 0.1) is 0 Å². The fourth-order valence-corrected chi connectivity index (χ4v) is 0.414. The molecule has 0 spiro atoms. The molecule has 0 bridgehead atoms. The van der Waals surface area contributed by atoms with E-state index in [0.29, 0.717) is 0 Å². The van der Waals surface area contributed by atoms with Crippen molar-refractivity contribution in [3.8, 4) is 0 Å². The summed E-state index contributed by atoms with van der Waals surface area (Å²) in [5.41, 5.74) is 5.71. The number of nitrogens with one attached hydrogen (secondary N) is 2. The lowest BCUT2D eigenvalue weighted by molar-refractivity contribution is 0.591. The third kappa shape index (κ3) is 6.21. The van der Waals surface area contributed by atoms with E-state index >= 15 is 0 Å². The monoisotopic (exact) mass is 122 g/mol. The fraction of sp³-hybridized carbons (Fsp3) is 1.00. The van der Waals surface area contributed by atoms with E-state index in [1.54, 1.807) is 0 Å². The molecule has 0 rings (SSSR count). The molecule has 0 aliphatic heterocycles. The first-order valence-electron chi connectivity index (χ1n) is 2.37. The fourth-order valence-electron chi connectivity index (χ4n) is 0.280. The zero-order chi connectivity index (χ0) is 5.54. The van der Waals surface area contributed by atoms with E-state index in [0.717, 1.165) is 18.8 Å². The first-order valence-corrected chi connectivity index (χ1v) is 2.91. The van der Waals surface area contributed by atoms with Crippen LogP contribution in [0.3, 0.4) is 0 Å². The zero-order valence-electron chi connectivity index (χ0n) is 4.50. The van der Waals surface area contributed by atoms with Crippen molar-refractivity contribution in [2.75, 3.05) is 19.5 Å². The summed E-state index contributed by atoms with van der Waals surface area (Å²) in [4.78, 5) is 0. The van der Waals surface area contributed by atoms with Gasteiger partial charge in [-0.05, 0) is 13.5 Å². The van der Waals surface area contributed by atoms with Crippen LogP contribution in [0.1, 0.15) is 6.42 Å².